The van der Waals surface area contributed by atoms with Gasteiger partial charge in [-0.05, 0) is 27.2 Å². The molecular formula is C17H24BrNO. The second-order valence-corrected chi connectivity index (χ2v) is 6.04. The lowest BCUT2D eigenvalue weighted by Gasteiger charge is -2.14. The van der Waals surface area contributed by atoms with Crippen LogP contribution in [0.25, 0.3) is 0 Å². The van der Waals surface area contributed by atoms with Gasteiger partial charge in [0.1, 0.15) is 12.3 Å². The van der Waals surface area contributed by atoms with Crippen molar-refractivity contribution < 1.29 is 26.4 Å². The molecule has 1 aromatic rings. The van der Waals surface area contributed by atoms with Gasteiger partial charge in [0.15, 0.2) is 5.71 Å². The Morgan fingerprint density at radius 3 is 2.50 bits per heavy atom. The first kappa shape index (κ1) is 17.1. The topological polar surface area (TPSA) is 20.1 Å². The quantitative estimate of drug-likeness (QED) is 0.576. The Hall–Kier alpha value is -0.960. The van der Waals surface area contributed by atoms with Gasteiger partial charge >= 0.3 is 0 Å². The van der Waals surface area contributed by atoms with E-state index in [1.54, 1.807) is 6.92 Å². The van der Waals surface area contributed by atoms with Crippen LogP contribution < -0.4 is 17.0 Å². The van der Waals surface area contributed by atoms with Gasteiger partial charge in [-0.2, -0.15) is 4.58 Å². The molecule has 20 heavy (non-hydrogen) atoms. The van der Waals surface area contributed by atoms with E-state index in [-0.39, 0.29) is 22.4 Å². The lowest BCUT2D eigenvalue weighted by Crippen LogP contribution is -3.00. The van der Waals surface area contributed by atoms with Gasteiger partial charge in [0.05, 0.1) is 5.41 Å². The molecule has 0 radical (unpaired) electrons. The number of rotatable bonds is 5. The molecular weight excluding hydrogens is 314 g/mol. The van der Waals surface area contributed by atoms with E-state index in [2.05, 4.69) is 49.6 Å². The average Bonchev–Trinajstić information content (AvgIpc) is 2.55. The number of ketones is 1. The molecule has 0 aliphatic carbocycles. The molecule has 110 valence electrons. The predicted octanol–water partition coefficient (Wildman–Crippen LogP) is 0.846. The summed E-state index contributed by atoms with van der Waals surface area (Å²) in [7, 11) is 0. The summed E-state index contributed by atoms with van der Waals surface area (Å²) in [5.74, 6) is 0.294. The van der Waals surface area contributed by atoms with E-state index in [1.165, 1.54) is 17.0 Å². The van der Waals surface area contributed by atoms with Crippen LogP contribution in [0.15, 0.2) is 24.3 Å². The number of para-hydroxylation sites is 1. The Morgan fingerprint density at radius 2 is 1.85 bits per heavy atom. The maximum absolute atomic E-state index is 11.0. The van der Waals surface area contributed by atoms with Gasteiger partial charge in [-0.3, -0.25) is 0 Å². The van der Waals surface area contributed by atoms with Gasteiger partial charge in [-0.25, -0.2) is 0 Å². The van der Waals surface area contributed by atoms with Crippen LogP contribution in [-0.2, 0) is 10.2 Å². The van der Waals surface area contributed by atoms with Crippen molar-refractivity contribution in [3.8, 4) is 0 Å². The van der Waals surface area contributed by atoms with E-state index < -0.39 is 0 Å². The third kappa shape index (κ3) is 3.20. The fourth-order valence-electron chi connectivity index (χ4n) is 2.88. The number of carbonyl (C=O) groups is 1. The first-order valence-electron chi connectivity index (χ1n) is 7.15. The zero-order valence-corrected chi connectivity index (χ0v) is 14.5. The molecule has 0 unspecified atom stereocenters. The van der Waals surface area contributed by atoms with Crippen LogP contribution in [0.5, 0.6) is 0 Å². The number of unbranched alkanes of at least 4 members (excludes halogenated alkanes) is 1. The van der Waals surface area contributed by atoms with E-state index in [1.807, 2.05) is 0 Å². The number of carbonyl (C=O) groups excluding carboxylic acids is 1. The number of hydrogen-bond donors (Lipinski definition) is 0. The molecule has 3 heteroatoms. The van der Waals surface area contributed by atoms with Crippen LogP contribution in [0.1, 0.15) is 52.5 Å². The van der Waals surface area contributed by atoms with Crippen LogP contribution in [0.4, 0.5) is 5.69 Å². The lowest BCUT2D eigenvalue weighted by atomic mass is 9.82. The molecule has 0 atom stereocenters. The fourth-order valence-corrected chi connectivity index (χ4v) is 2.88. The van der Waals surface area contributed by atoms with Crippen molar-refractivity contribution in [1.29, 1.82) is 0 Å². The van der Waals surface area contributed by atoms with Gasteiger partial charge in [-0.15, -0.1) is 0 Å². The minimum Gasteiger partial charge on any atom is -1.00 e. The van der Waals surface area contributed by atoms with Gasteiger partial charge in [0.25, 0.3) is 0 Å². The number of halogens is 1. The highest BCUT2D eigenvalue weighted by molar-refractivity contribution is 5.93. The molecule has 1 heterocycles. The van der Waals surface area contributed by atoms with Crippen molar-refractivity contribution in [2.75, 3.05) is 6.54 Å². The summed E-state index contributed by atoms with van der Waals surface area (Å²) >= 11 is 0. The molecule has 0 saturated carbocycles. The molecule has 0 aromatic heterocycles. The van der Waals surface area contributed by atoms with Crippen LogP contribution in [-0.4, -0.2) is 22.6 Å². The summed E-state index contributed by atoms with van der Waals surface area (Å²) < 4.78 is 2.43. The second-order valence-electron chi connectivity index (χ2n) is 6.04. The number of fused-ring (bicyclic) bond motifs is 1. The molecule has 1 aromatic carbocycles. The van der Waals surface area contributed by atoms with Gasteiger partial charge in [0, 0.05) is 31.4 Å². The van der Waals surface area contributed by atoms with Gasteiger partial charge in [-0.1, -0.05) is 18.2 Å². The summed E-state index contributed by atoms with van der Waals surface area (Å²) in [4.78, 5) is 11.0. The highest BCUT2D eigenvalue weighted by atomic mass is 79.9. The van der Waals surface area contributed by atoms with Crippen molar-refractivity contribution in [3.63, 3.8) is 0 Å². The summed E-state index contributed by atoms with van der Waals surface area (Å²) in [6.45, 7) is 9.49. The van der Waals surface area contributed by atoms with Gasteiger partial charge in [0.2, 0.25) is 5.69 Å². The largest absolute Gasteiger partial charge is 1.00 e. The van der Waals surface area contributed by atoms with E-state index in [0.717, 1.165) is 19.4 Å². The fraction of sp³-hybridized carbons (Fsp3) is 0.529. The zero-order valence-electron chi connectivity index (χ0n) is 12.9. The molecule has 0 bridgehead atoms. The predicted molar refractivity (Wildman–Crippen MR) is 79.5 cm³/mol. The maximum Gasteiger partial charge on any atom is 0.209 e. The summed E-state index contributed by atoms with van der Waals surface area (Å²) in [5, 5.41) is 0. The Balaban J connectivity index is 0.00000200. The summed E-state index contributed by atoms with van der Waals surface area (Å²) in [6, 6.07) is 8.66. The molecule has 0 fully saturated rings. The maximum atomic E-state index is 11.0. The Bertz CT molecular complexity index is 532. The molecule has 0 spiro atoms. The molecule has 2 nitrogen and oxygen atoms in total. The molecule has 0 N–H and O–H groups in total. The van der Waals surface area contributed by atoms with Crippen molar-refractivity contribution in [3.05, 3.63) is 29.8 Å². The van der Waals surface area contributed by atoms with E-state index in [4.69, 9.17) is 0 Å². The van der Waals surface area contributed by atoms with Crippen molar-refractivity contribution >= 4 is 17.2 Å². The minimum atomic E-state index is 0. The highest BCUT2D eigenvalue weighted by Gasteiger charge is 2.42. The highest BCUT2D eigenvalue weighted by Crippen LogP contribution is 2.39. The first-order chi connectivity index (χ1) is 8.94. The third-order valence-corrected chi connectivity index (χ3v) is 4.34. The first-order valence-corrected chi connectivity index (χ1v) is 7.15. The van der Waals surface area contributed by atoms with E-state index in [9.17, 15) is 4.79 Å². The van der Waals surface area contributed by atoms with Crippen LogP contribution in [0.3, 0.4) is 0 Å². The van der Waals surface area contributed by atoms with Crippen molar-refractivity contribution in [2.45, 2.75) is 52.4 Å². The van der Waals surface area contributed by atoms with Crippen molar-refractivity contribution in [2.24, 2.45) is 0 Å². The number of nitrogens with zero attached hydrogens (tertiary/aromatic N) is 1. The average molecular weight is 338 g/mol. The smallest absolute Gasteiger partial charge is 0.209 e. The number of hydrogen-bond acceptors (Lipinski definition) is 1. The summed E-state index contributed by atoms with van der Waals surface area (Å²) in [6.07, 6.45) is 2.76. The molecule has 0 amide bonds. The monoisotopic (exact) mass is 337 g/mol. The summed E-state index contributed by atoms with van der Waals surface area (Å²) in [5.41, 5.74) is 4.29. The standard InChI is InChI=1S/C17H24NO.BrH/c1-13(19)9-7-8-12-18-14(2)17(3,4)15-10-5-6-11-16(15)18;/h5-6,10-11H,7-9,12H2,1-4H3;1H/q+1;/p-1. The molecule has 2 rings (SSSR count). The third-order valence-electron chi connectivity index (χ3n) is 4.34. The van der Waals surface area contributed by atoms with Crippen LogP contribution in [0.2, 0.25) is 0 Å². The van der Waals surface area contributed by atoms with E-state index in [0.29, 0.717) is 12.2 Å². The van der Waals surface area contributed by atoms with Crippen LogP contribution in [0, 0.1) is 0 Å². The SMILES string of the molecule is CC(=O)CCCC[N+]1=C(C)C(C)(C)c2ccccc21.[Br-]. The Kier molecular flexibility index (Phi) is 5.69. The normalized spacial score (nSPS) is 15.8. The number of Topliss-reactive ketones (excluding diaryl/α,β-unsaturated/α-hetero) is 1. The van der Waals surface area contributed by atoms with E-state index >= 15 is 0 Å². The van der Waals surface area contributed by atoms with Crippen LogP contribution >= 0.6 is 0 Å². The Labute approximate surface area is 132 Å². The second kappa shape index (κ2) is 6.66. The molecule has 1 aliphatic heterocycles. The van der Waals surface area contributed by atoms with Gasteiger partial charge < -0.3 is 21.8 Å². The lowest BCUT2D eigenvalue weighted by molar-refractivity contribution is -0.439. The van der Waals surface area contributed by atoms with Crippen molar-refractivity contribution in [1.82, 2.24) is 0 Å². The molecule has 1 aliphatic rings. The Morgan fingerprint density at radius 1 is 1.20 bits per heavy atom. The zero-order chi connectivity index (χ0) is 14.0. The number of benzene rings is 1. The minimum absolute atomic E-state index is 0. The molecule has 0 saturated heterocycles.